The highest BCUT2D eigenvalue weighted by atomic mass is 19.4. The summed E-state index contributed by atoms with van der Waals surface area (Å²) in [6, 6.07) is 0.359. The molecule has 0 fully saturated rings. The second-order valence-electron chi connectivity index (χ2n) is 6.19. The van der Waals surface area contributed by atoms with Gasteiger partial charge in [-0.15, -0.1) is 0 Å². The molecule has 1 unspecified atom stereocenters. The Bertz CT molecular complexity index is 669. The number of esters is 1. The first-order chi connectivity index (χ1) is 10.1. The summed E-state index contributed by atoms with van der Waals surface area (Å²) in [6.45, 7) is 3.74. The SMILES string of the molecule is CC(C)(C)C1(O)OC(=O)c2c(C(F)(F)F)ccc(C(F)(F)F)c21. The molecule has 0 saturated heterocycles. The van der Waals surface area contributed by atoms with Crippen molar-refractivity contribution in [2.45, 2.75) is 38.9 Å². The van der Waals surface area contributed by atoms with Gasteiger partial charge in [0.25, 0.3) is 0 Å². The number of benzene rings is 1. The van der Waals surface area contributed by atoms with Crippen molar-refractivity contribution in [3.63, 3.8) is 0 Å². The molecule has 1 aliphatic rings. The first-order valence-electron chi connectivity index (χ1n) is 6.38. The maximum atomic E-state index is 13.2. The number of ether oxygens (including phenoxy) is 1. The van der Waals surface area contributed by atoms with E-state index >= 15 is 0 Å². The normalized spacial score (nSPS) is 22.1. The summed E-state index contributed by atoms with van der Waals surface area (Å²) in [5, 5.41) is 10.5. The lowest BCUT2D eigenvalue weighted by Gasteiger charge is -2.36. The summed E-state index contributed by atoms with van der Waals surface area (Å²) in [5.74, 6) is -4.47. The number of halogens is 6. The smallest absolute Gasteiger partial charge is 0.417 e. The fourth-order valence-electron chi connectivity index (χ4n) is 2.40. The van der Waals surface area contributed by atoms with Crippen LogP contribution in [0.1, 0.15) is 47.8 Å². The van der Waals surface area contributed by atoms with Gasteiger partial charge >= 0.3 is 18.3 Å². The van der Waals surface area contributed by atoms with Crippen LogP contribution in [0.5, 0.6) is 0 Å². The predicted molar refractivity (Wildman–Crippen MR) is 65.2 cm³/mol. The molecule has 2 rings (SSSR count). The van der Waals surface area contributed by atoms with Gasteiger partial charge in [-0.3, -0.25) is 0 Å². The zero-order valence-electron chi connectivity index (χ0n) is 12.2. The highest BCUT2D eigenvalue weighted by Gasteiger charge is 2.59. The number of alkyl halides is 6. The number of hydrogen-bond donors (Lipinski definition) is 1. The van der Waals surface area contributed by atoms with Crippen LogP contribution in [0, 0.1) is 5.41 Å². The maximum Gasteiger partial charge on any atom is 0.417 e. The number of cyclic esters (lactones) is 1. The molecule has 3 nitrogen and oxygen atoms in total. The maximum absolute atomic E-state index is 13.2. The van der Waals surface area contributed by atoms with Crippen molar-refractivity contribution in [2.75, 3.05) is 0 Å². The average molecular weight is 342 g/mol. The van der Waals surface area contributed by atoms with Gasteiger partial charge < -0.3 is 9.84 Å². The minimum absolute atomic E-state index is 0.164. The monoisotopic (exact) mass is 342 g/mol. The molecule has 0 spiro atoms. The molecular weight excluding hydrogens is 330 g/mol. The molecule has 0 aliphatic carbocycles. The lowest BCUT2D eigenvalue weighted by atomic mass is 9.78. The molecule has 1 aromatic rings. The summed E-state index contributed by atoms with van der Waals surface area (Å²) in [4.78, 5) is 11.8. The average Bonchev–Trinajstić information content (AvgIpc) is 2.59. The van der Waals surface area contributed by atoms with Gasteiger partial charge in [-0.25, -0.2) is 4.79 Å². The highest BCUT2D eigenvalue weighted by molar-refractivity contribution is 5.97. The standard InChI is InChI=1S/C14H12F6O3/c1-11(2,3)12(22)9-7(14(18,19)20)5-4-6(13(15,16)17)8(9)10(21)23-12/h4-5,22H,1-3H3. The number of hydrogen-bond acceptors (Lipinski definition) is 3. The number of fused-ring (bicyclic) bond motifs is 1. The van der Waals surface area contributed by atoms with Gasteiger partial charge in [0.1, 0.15) is 0 Å². The lowest BCUT2D eigenvalue weighted by molar-refractivity contribution is -0.232. The minimum Gasteiger partial charge on any atom is -0.425 e. The van der Waals surface area contributed by atoms with Crippen molar-refractivity contribution in [3.05, 3.63) is 34.4 Å². The second kappa shape index (κ2) is 4.62. The summed E-state index contributed by atoms with van der Waals surface area (Å²) < 4.78 is 83.2. The molecule has 1 N–H and O–H groups in total. The fraction of sp³-hybridized carbons (Fsp3) is 0.500. The van der Waals surface area contributed by atoms with Crippen LogP contribution < -0.4 is 0 Å². The Balaban J connectivity index is 2.95. The van der Waals surface area contributed by atoms with Gasteiger partial charge in [0, 0.05) is 5.41 Å². The van der Waals surface area contributed by atoms with E-state index in [1.54, 1.807) is 0 Å². The lowest BCUT2D eigenvalue weighted by Crippen LogP contribution is -2.41. The van der Waals surface area contributed by atoms with Crippen LogP contribution in [0.25, 0.3) is 0 Å². The predicted octanol–water partition coefficient (Wildman–Crippen LogP) is 4.09. The molecule has 1 aromatic carbocycles. The largest absolute Gasteiger partial charge is 0.425 e. The van der Waals surface area contributed by atoms with Crippen molar-refractivity contribution in [1.82, 2.24) is 0 Å². The minimum atomic E-state index is -5.07. The number of aliphatic hydroxyl groups is 1. The molecule has 23 heavy (non-hydrogen) atoms. The summed E-state index contributed by atoms with van der Waals surface area (Å²) >= 11 is 0. The van der Waals surface area contributed by atoms with Gasteiger partial charge in [-0.1, -0.05) is 20.8 Å². The third-order valence-electron chi connectivity index (χ3n) is 3.62. The molecule has 0 saturated carbocycles. The Hall–Kier alpha value is -1.77. The Labute approximate surface area is 126 Å². The Morgan fingerprint density at radius 1 is 0.957 bits per heavy atom. The van der Waals surface area contributed by atoms with E-state index in [9.17, 15) is 36.2 Å². The summed E-state index contributed by atoms with van der Waals surface area (Å²) in [7, 11) is 0. The second-order valence-corrected chi connectivity index (χ2v) is 6.19. The molecule has 0 amide bonds. The van der Waals surface area contributed by atoms with E-state index in [1.807, 2.05) is 0 Å². The van der Waals surface area contributed by atoms with Crippen molar-refractivity contribution in [3.8, 4) is 0 Å². The Kier molecular flexibility index (Phi) is 3.53. The van der Waals surface area contributed by atoms with Crippen LogP contribution in [-0.2, 0) is 22.9 Å². The Morgan fingerprint density at radius 2 is 1.39 bits per heavy atom. The van der Waals surface area contributed by atoms with E-state index in [2.05, 4.69) is 4.74 Å². The summed E-state index contributed by atoms with van der Waals surface area (Å²) in [6.07, 6.45) is -10.1. The van der Waals surface area contributed by atoms with E-state index in [0.717, 1.165) is 0 Å². The Morgan fingerprint density at radius 3 is 1.78 bits per heavy atom. The molecular formula is C14H12F6O3. The zero-order chi connectivity index (χ0) is 18.0. The van der Waals surface area contributed by atoms with E-state index in [0.29, 0.717) is 0 Å². The first kappa shape index (κ1) is 17.6. The molecule has 1 aliphatic heterocycles. The van der Waals surface area contributed by atoms with Crippen LogP contribution in [-0.4, -0.2) is 11.1 Å². The van der Waals surface area contributed by atoms with Gasteiger partial charge in [0.05, 0.1) is 22.3 Å². The van der Waals surface area contributed by atoms with Gasteiger partial charge in [-0.2, -0.15) is 26.3 Å². The molecule has 0 aromatic heterocycles. The molecule has 0 bridgehead atoms. The van der Waals surface area contributed by atoms with Crippen LogP contribution >= 0.6 is 0 Å². The molecule has 0 radical (unpaired) electrons. The van der Waals surface area contributed by atoms with Crippen molar-refractivity contribution < 1.29 is 41.0 Å². The first-order valence-corrected chi connectivity index (χ1v) is 6.38. The summed E-state index contributed by atoms with van der Waals surface area (Å²) in [5.41, 5.74) is -7.10. The van der Waals surface area contributed by atoms with Crippen LogP contribution in [0.4, 0.5) is 26.3 Å². The fourth-order valence-corrected chi connectivity index (χ4v) is 2.40. The van der Waals surface area contributed by atoms with Gasteiger partial charge in [0.2, 0.25) is 5.79 Å². The van der Waals surface area contributed by atoms with Crippen molar-refractivity contribution in [1.29, 1.82) is 0 Å². The molecule has 9 heteroatoms. The third-order valence-corrected chi connectivity index (χ3v) is 3.62. The van der Waals surface area contributed by atoms with Crippen LogP contribution in [0.3, 0.4) is 0 Å². The highest BCUT2D eigenvalue weighted by Crippen LogP contribution is 2.53. The van der Waals surface area contributed by atoms with E-state index < -0.39 is 51.8 Å². The molecule has 1 heterocycles. The topological polar surface area (TPSA) is 46.5 Å². The number of rotatable bonds is 0. The molecule has 1 atom stereocenters. The van der Waals surface area contributed by atoms with Gasteiger partial charge in [-0.05, 0) is 12.1 Å². The van der Waals surface area contributed by atoms with Crippen molar-refractivity contribution >= 4 is 5.97 Å². The van der Waals surface area contributed by atoms with E-state index in [-0.39, 0.29) is 12.1 Å². The van der Waals surface area contributed by atoms with E-state index in [1.165, 1.54) is 20.8 Å². The molecule has 128 valence electrons. The van der Waals surface area contributed by atoms with Crippen molar-refractivity contribution in [2.24, 2.45) is 5.41 Å². The quantitative estimate of drug-likeness (QED) is 0.571. The third kappa shape index (κ3) is 2.56. The zero-order valence-corrected chi connectivity index (χ0v) is 12.2. The number of carbonyl (C=O) groups excluding carboxylic acids is 1. The van der Waals surface area contributed by atoms with Gasteiger partial charge in [0.15, 0.2) is 0 Å². The van der Waals surface area contributed by atoms with Crippen LogP contribution in [0.15, 0.2) is 12.1 Å². The van der Waals surface area contributed by atoms with Crippen LogP contribution in [0.2, 0.25) is 0 Å². The van der Waals surface area contributed by atoms with E-state index in [4.69, 9.17) is 0 Å². The number of carbonyl (C=O) groups is 1.